The maximum Gasteiger partial charge on any atom is 0.245 e. The van der Waals surface area contributed by atoms with E-state index in [0.29, 0.717) is 69.8 Å². The second-order valence-electron chi connectivity index (χ2n) is 9.06. The Kier molecular flexibility index (Phi) is 17.6. The van der Waals surface area contributed by atoms with Crippen molar-refractivity contribution in [2.75, 3.05) is 26.7 Å². The zero-order valence-corrected chi connectivity index (χ0v) is 24.2. The highest BCUT2D eigenvalue weighted by molar-refractivity contribution is 5.95. The molecule has 218 valence electrons. The molecule has 0 aromatic rings. The molecule has 0 saturated carbocycles. The Bertz CT molecular complexity index is 826. The summed E-state index contributed by atoms with van der Waals surface area (Å²) in [5.41, 5.74) is 16.2. The predicted molar refractivity (Wildman–Crippen MR) is 151 cm³/mol. The molecular weight excluding hydrogens is 488 g/mol. The number of carbonyl (C=O) groups is 4. The zero-order chi connectivity index (χ0) is 29.3. The van der Waals surface area contributed by atoms with E-state index < -0.39 is 24.0 Å². The number of hydrogen-bond donors (Lipinski definition) is 4. The molecule has 7 N–H and O–H groups in total. The minimum absolute atomic E-state index is 0.0583. The van der Waals surface area contributed by atoms with E-state index in [0.717, 1.165) is 12.8 Å². The smallest absolute Gasteiger partial charge is 0.245 e. The molecule has 2 saturated heterocycles. The third-order valence-corrected chi connectivity index (χ3v) is 6.27. The molecule has 12 nitrogen and oxygen atoms in total. The van der Waals surface area contributed by atoms with E-state index in [1.165, 1.54) is 4.90 Å². The molecule has 2 aliphatic heterocycles. The molecule has 4 amide bonds. The van der Waals surface area contributed by atoms with E-state index in [4.69, 9.17) is 17.2 Å². The van der Waals surface area contributed by atoms with Gasteiger partial charge in [0.2, 0.25) is 23.6 Å². The van der Waals surface area contributed by atoms with Crippen LogP contribution in [0.25, 0.3) is 0 Å². The summed E-state index contributed by atoms with van der Waals surface area (Å²) in [5, 5.41) is 2.85. The normalized spacial score (nSPS) is 20.1. The molecule has 2 rings (SSSR count). The number of hydrogen-bond acceptors (Lipinski definition) is 6. The van der Waals surface area contributed by atoms with Gasteiger partial charge in [0.25, 0.3) is 0 Å². The van der Waals surface area contributed by atoms with E-state index in [9.17, 15) is 19.2 Å². The number of aliphatic imine (C=N–C) groups is 2. The van der Waals surface area contributed by atoms with Crippen LogP contribution in [0.2, 0.25) is 0 Å². The molecule has 0 aliphatic carbocycles. The van der Waals surface area contributed by atoms with Gasteiger partial charge in [0.1, 0.15) is 24.0 Å². The standard InChI is InChI=1S/C19H33N5O4.C5H11N3.C2H6/c1-2-16(25)23-11-6-9-15(23)18(27)22-13(7-3-4-10-20)19(28)24-12-5-8-14(24)17(21)26;1-4(6)8-5(2)7-3;1-2/h13-15H,2-12,20H2,1H3,(H2,21,26)(H,22,27);1-3H3,(H2,6,7,8);1-2H3. The molecule has 2 aliphatic rings. The van der Waals surface area contributed by atoms with Crippen LogP contribution in [0.5, 0.6) is 0 Å². The predicted octanol–water partition coefficient (Wildman–Crippen LogP) is 0.915. The van der Waals surface area contributed by atoms with Crippen molar-refractivity contribution in [1.82, 2.24) is 15.1 Å². The monoisotopic (exact) mass is 538 g/mol. The van der Waals surface area contributed by atoms with Gasteiger partial charge < -0.3 is 32.3 Å². The van der Waals surface area contributed by atoms with Gasteiger partial charge in [0.15, 0.2) is 0 Å². The van der Waals surface area contributed by atoms with Crippen molar-refractivity contribution in [1.29, 1.82) is 0 Å². The molecule has 3 atom stereocenters. The summed E-state index contributed by atoms with van der Waals surface area (Å²) in [4.78, 5) is 60.4. The second-order valence-corrected chi connectivity index (χ2v) is 9.06. The fourth-order valence-corrected chi connectivity index (χ4v) is 4.39. The van der Waals surface area contributed by atoms with Crippen molar-refractivity contribution < 1.29 is 19.2 Å². The summed E-state index contributed by atoms with van der Waals surface area (Å²) >= 11 is 0. The van der Waals surface area contributed by atoms with Crippen LogP contribution in [0.4, 0.5) is 0 Å². The van der Waals surface area contributed by atoms with E-state index in [-0.39, 0.29) is 17.7 Å². The number of nitrogens with two attached hydrogens (primary N) is 3. The van der Waals surface area contributed by atoms with Gasteiger partial charge in [-0.25, -0.2) is 4.99 Å². The van der Waals surface area contributed by atoms with Crippen molar-refractivity contribution in [3.8, 4) is 0 Å². The quantitative estimate of drug-likeness (QED) is 0.192. The zero-order valence-electron chi connectivity index (χ0n) is 24.2. The van der Waals surface area contributed by atoms with Crippen molar-refractivity contribution in [3.63, 3.8) is 0 Å². The Morgan fingerprint density at radius 1 is 0.974 bits per heavy atom. The molecule has 12 heteroatoms. The minimum Gasteiger partial charge on any atom is -0.387 e. The number of rotatable bonds is 9. The van der Waals surface area contributed by atoms with Gasteiger partial charge in [-0.05, 0) is 65.3 Å². The summed E-state index contributed by atoms with van der Waals surface area (Å²) in [6.45, 7) is 10.8. The van der Waals surface area contributed by atoms with Crippen LogP contribution >= 0.6 is 0 Å². The molecule has 0 bridgehead atoms. The molecular formula is C26H50N8O4. The Hall–Kier alpha value is -3.02. The summed E-state index contributed by atoms with van der Waals surface area (Å²) in [5.74, 6) is 0.0988. The number of nitrogens with zero attached hydrogens (tertiary/aromatic N) is 4. The maximum atomic E-state index is 13.1. The van der Waals surface area contributed by atoms with E-state index in [1.54, 1.807) is 32.7 Å². The third kappa shape index (κ3) is 11.6. The van der Waals surface area contributed by atoms with E-state index in [1.807, 2.05) is 13.8 Å². The molecule has 0 radical (unpaired) electrons. The lowest BCUT2D eigenvalue weighted by molar-refractivity contribution is -0.143. The number of primary amides is 1. The number of nitrogens with one attached hydrogen (secondary N) is 1. The van der Waals surface area contributed by atoms with Crippen LogP contribution in [0, 0.1) is 0 Å². The summed E-state index contributed by atoms with van der Waals surface area (Å²) < 4.78 is 0. The van der Waals surface area contributed by atoms with Crippen LogP contribution in [0.1, 0.15) is 86.0 Å². The van der Waals surface area contributed by atoms with Crippen molar-refractivity contribution >= 4 is 35.3 Å². The molecule has 2 fully saturated rings. The van der Waals surface area contributed by atoms with Gasteiger partial charge in [-0.2, -0.15) is 0 Å². The fourth-order valence-electron chi connectivity index (χ4n) is 4.39. The van der Waals surface area contributed by atoms with E-state index in [2.05, 4.69) is 15.3 Å². The number of amidine groups is 2. The van der Waals surface area contributed by atoms with Crippen molar-refractivity contribution in [2.24, 2.45) is 27.2 Å². The molecule has 0 aromatic carbocycles. The maximum absolute atomic E-state index is 13.1. The SMILES string of the molecule is CC.CCC(=O)N1CCCC1C(=O)NC(CCCCN)C(=O)N1CCCC1C(N)=O.CN=C(C)N=C(C)N. The lowest BCUT2D eigenvalue weighted by Gasteiger charge is -2.30. The number of unbranched alkanes of at least 4 members (excludes halogenated alkanes) is 1. The Morgan fingerprint density at radius 2 is 1.55 bits per heavy atom. The average molecular weight is 539 g/mol. The average Bonchev–Trinajstić information content (AvgIpc) is 3.59. The third-order valence-electron chi connectivity index (χ3n) is 6.27. The lowest BCUT2D eigenvalue weighted by Crippen LogP contribution is -2.55. The Labute approximate surface area is 227 Å². The van der Waals surface area contributed by atoms with Gasteiger partial charge >= 0.3 is 0 Å². The van der Waals surface area contributed by atoms with Gasteiger partial charge in [-0.15, -0.1) is 0 Å². The second kappa shape index (κ2) is 19.1. The van der Waals surface area contributed by atoms with Gasteiger partial charge in [-0.1, -0.05) is 20.8 Å². The topological polar surface area (TPSA) is 190 Å². The first kappa shape index (κ1) is 35.0. The first-order valence-electron chi connectivity index (χ1n) is 13.7. The molecule has 0 spiro atoms. The highest BCUT2D eigenvalue weighted by Gasteiger charge is 2.39. The first-order valence-corrected chi connectivity index (χ1v) is 13.7. The summed E-state index contributed by atoms with van der Waals surface area (Å²) in [6, 6.07) is -1.90. The number of carbonyl (C=O) groups excluding carboxylic acids is 4. The van der Waals surface area contributed by atoms with Crippen LogP contribution in [0.15, 0.2) is 9.98 Å². The van der Waals surface area contributed by atoms with Gasteiger partial charge in [-0.3, -0.25) is 24.2 Å². The molecule has 3 unspecified atom stereocenters. The summed E-state index contributed by atoms with van der Waals surface area (Å²) in [7, 11) is 1.68. The van der Waals surface area contributed by atoms with Crippen molar-refractivity contribution in [2.45, 2.75) is 104 Å². The molecule has 38 heavy (non-hydrogen) atoms. The lowest BCUT2D eigenvalue weighted by atomic mass is 10.1. The number of amides is 4. The van der Waals surface area contributed by atoms with Crippen molar-refractivity contribution in [3.05, 3.63) is 0 Å². The van der Waals surface area contributed by atoms with Crippen LogP contribution in [-0.4, -0.2) is 89.9 Å². The minimum atomic E-state index is -0.738. The van der Waals surface area contributed by atoms with E-state index >= 15 is 0 Å². The van der Waals surface area contributed by atoms with Gasteiger partial charge in [0, 0.05) is 26.6 Å². The highest BCUT2D eigenvalue weighted by Crippen LogP contribution is 2.21. The van der Waals surface area contributed by atoms with Gasteiger partial charge in [0.05, 0.1) is 5.84 Å². The largest absolute Gasteiger partial charge is 0.387 e. The Morgan fingerprint density at radius 3 is 2.03 bits per heavy atom. The van der Waals surface area contributed by atoms with Crippen LogP contribution < -0.4 is 22.5 Å². The molecule has 2 heterocycles. The van der Waals surface area contributed by atoms with Crippen LogP contribution in [0.3, 0.4) is 0 Å². The number of likely N-dealkylation sites (tertiary alicyclic amines) is 2. The fraction of sp³-hybridized carbons (Fsp3) is 0.769. The first-order chi connectivity index (χ1) is 18.1. The Balaban J connectivity index is 0.00000117. The summed E-state index contributed by atoms with van der Waals surface area (Å²) in [6.07, 6.45) is 4.83. The highest BCUT2D eigenvalue weighted by atomic mass is 16.2. The molecule has 0 aromatic heterocycles. The van der Waals surface area contributed by atoms with Crippen LogP contribution in [-0.2, 0) is 19.2 Å².